The normalized spacial score (nSPS) is 13.7. The van der Waals surface area contributed by atoms with E-state index in [4.69, 9.17) is 0 Å². The minimum absolute atomic E-state index is 0.00241. The van der Waals surface area contributed by atoms with Crippen molar-refractivity contribution in [2.24, 2.45) is 0 Å². The molecule has 1 rings (SSSR count). The molecule has 0 saturated carbocycles. The Kier molecular flexibility index (Phi) is 3.06. The van der Waals surface area contributed by atoms with Crippen LogP contribution in [0.2, 0.25) is 0 Å². The fourth-order valence-electron chi connectivity index (χ4n) is 1.20. The van der Waals surface area contributed by atoms with Crippen LogP contribution in [-0.4, -0.2) is 37.5 Å². The number of rotatable bonds is 3. The summed E-state index contributed by atoms with van der Waals surface area (Å²) in [5.41, 5.74) is 0.799. The Morgan fingerprint density at radius 1 is 1.14 bits per heavy atom. The summed E-state index contributed by atoms with van der Waals surface area (Å²) in [6, 6.07) is 9.46. The molecule has 1 aromatic rings. The summed E-state index contributed by atoms with van der Waals surface area (Å²) < 4.78 is 0.660. The average molecular weight is 192 g/mol. The molecule has 0 N–H and O–H groups in total. The molecule has 0 heterocycles. The van der Waals surface area contributed by atoms with Crippen molar-refractivity contribution in [3.63, 3.8) is 0 Å². The van der Waals surface area contributed by atoms with Crippen molar-refractivity contribution in [2.75, 3.05) is 21.1 Å². The maximum Gasteiger partial charge on any atom is 0.219 e. The van der Waals surface area contributed by atoms with Crippen LogP contribution in [0.1, 0.15) is 17.3 Å². The number of nitrogens with zero attached hydrogens (tertiary/aromatic N) is 1. The second-order valence-corrected chi connectivity index (χ2v) is 4.52. The number of benzene rings is 1. The number of quaternary nitrogens is 1. The molecule has 0 aromatic heterocycles. The first-order valence-electron chi connectivity index (χ1n) is 4.83. The van der Waals surface area contributed by atoms with E-state index in [1.165, 1.54) is 0 Å². The van der Waals surface area contributed by atoms with E-state index in [9.17, 15) is 4.79 Å². The molecule has 14 heavy (non-hydrogen) atoms. The summed E-state index contributed by atoms with van der Waals surface area (Å²) in [5, 5.41) is 0. The molecule has 0 saturated heterocycles. The molecule has 1 unspecified atom stereocenters. The van der Waals surface area contributed by atoms with Crippen molar-refractivity contribution in [1.29, 1.82) is 0 Å². The van der Waals surface area contributed by atoms with Gasteiger partial charge in [-0.1, -0.05) is 30.3 Å². The van der Waals surface area contributed by atoms with Crippen LogP contribution >= 0.6 is 0 Å². The second kappa shape index (κ2) is 3.93. The molecule has 1 aromatic carbocycles. The summed E-state index contributed by atoms with van der Waals surface area (Å²) in [7, 11) is 6.10. The molecular weight excluding hydrogens is 174 g/mol. The van der Waals surface area contributed by atoms with Gasteiger partial charge in [0.05, 0.1) is 21.1 Å². The first kappa shape index (κ1) is 10.9. The van der Waals surface area contributed by atoms with Gasteiger partial charge in [-0.25, -0.2) is 0 Å². The predicted octanol–water partition coefficient (Wildman–Crippen LogP) is 1.96. The average Bonchev–Trinajstić information content (AvgIpc) is 2.15. The van der Waals surface area contributed by atoms with E-state index in [0.717, 1.165) is 5.56 Å². The summed E-state index contributed by atoms with van der Waals surface area (Å²) in [4.78, 5) is 12.0. The summed E-state index contributed by atoms with van der Waals surface area (Å²) in [6.45, 7) is 1.97. The van der Waals surface area contributed by atoms with Gasteiger partial charge in [0, 0.05) is 5.56 Å². The smallest absolute Gasteiger partial charge is 0.219 e. The van der Waals surface area contributed by atoms with Crippen molar-refractivity contribution in [3.05, 3.63) is 35.9 Å². The van der Waals surface area contributed by atoms with Crippen molar-refractivity contribution < 1.29 is 9.28 Å². The summed E-state index contributed by atoms with van der Waals surface area (Å²) >= 11 is 0. The molecular formula is C12H18NO+. The van der Waals surface area contributed by atoms with E-state index >= 15 is 0 Å². The SMILES string of the molecule is CC(C(=O)c1ccccc1)[N+](C)(C)C. The maximum absolute atomic E-state index is 12.0. The van der Waals surface area contributed by atoms with Crippen LogP contribution in [0, 0.1) is 0 Å². The van der Waals surface area contributed by atoms with Gasteiger partial charge in [-0.3, -0.25) is 4.79 Å². The van der Waals surface area contributed by atoms with Crippen LogP contribution in [0.25, 0.3) is 0 Å². The fourth-order valence-corrected chi connectivity index (χ4v) is 1.20. The van der Waals surface area contributed by atoms with Gasteiger partial charge in [0.1, 0.15) is 6.04 Å². The minimum Gasteiger partial charge on any atom is -0.322 e. The molecule has 2 nitrogen and oxygen atoms in total. The number of hydrogen-bond acceptors (Lipinski definition) is 1. The molecule has 0 amide bonds. The van der Waals surface area contributed by atoms with Crippen LogP contribution in [0.4, 0.5) is 0 Å². The van der Waals surface area contributed by atoms with Crippen molar-refractivity contribution in [2.45, 2.75) is 13.0 Å². The molecule has 0 aliphatic heterocycles. The van der Waals surface area contributed by atoms with Gasteiger partial charge >= 0.3 is 0 Å². The van der Waals surface area contributed by atoms with E-state index in [-0.39, 0.29) is 11.8 Å². The third-order valence-electron chi connectivity index (χ3n) is 2.60. The fraction of sp³-hybridized carbons (Fsp3) is 0.417. The van der Waals surface area contributed by atoms with Crippen molar-refractivity contribution in [1.82, 2.24) is 0 Å². The monoisotopic (exact) mass is 192 g/mol. The molecule has 1 atom stereocenters. The number of hydrogen-bond donors (Lipinski definition) is 0. The largest absolute Gasteiger partial charge is 0.322 e. The Morgan fingerprint density at radius 3 is 2.07 bits per heavy atom. The minimum atomic E-state index is -0.00241. The number of ketones is 1. The van der Waals surface area contributed by atoms with E-state index in [1.54, 1.807) is 0 Å². The molecule has 2 heteroatoms. The standard InChI is InChI=1S/C12H18NO/c1-10(13(2,3)4)12(14)11-8-6-5-7-9-11/h5-10H,1-4H3/q+1. The van der Waals surface area contributed by atoms with E-state index in [2.05, 4.69) is 0 Å². The lowest BCUT2D eigenvalue weighted by molar-refractivity contribution is -0.883. The molecule has 0 fully saturated rings. The van der Waals surface area contributed by atoms with Crippen LogP contribution in [0.15, 0.2) is 30.3 Å². The van der Waals surface area contributed by atoms with Crippen LogP contribution in [0.5, 0.6) is 0 Å². The highest BCUT2D eigenvalue weighted by atomic mass is 16.1. The maximum atomic E-state index is 12.0. The highest BCUT2D eigenvalue weighted by Gasteiger charge is 2.26. The molecule has 0 aliphatic carbocycles. The first-order valence-corrected chi connectivity index (χ1v) is 4.83. The lowest BCUT2D eigenvalue weighted by atomic mass is 10.0. The zero-order valence-corrected chi connectivity index (χ0v) is 9.32. The highest BCUT2D eigenvalue weighted by molar-refractivity contribution is 5.99. The Bertz CT molecular complexity index is 311. The second-order valence-electron chi connectivity index (χ2n) is 4.52. The van der Waals surface area contributed by atoms with Gasteiger partial charge in [0.2, 0.25) is 5.78 Å². The summed E-state index contributed by atoms with van der Waals surface area (Å²) in [6.07, 6.45) is 0. The van der Waals surface area contributed by atoms with Gasteiger partial charge in [0.25, 0.3) is 0 Å². The Hall–Kier alpha value is -1.15. The van der Waals surface area contributed by atoms with Crippen LogP contribution in [0.3, 0.4) is 0 Å². The Labute approximate surface area is 85.8 Å². The number of Topliss-reactive ketones (excluding diaryl/α,β-unsaturated/α-hetero) is 1. The number of carbonyl (C=O) groups excluding carboxylic acids is 1. The first-order chi connectivity index (χ1) is 6.43. The van der Waals surface area contributed by atoms with Gasteiger partial charge in [-0.2, -0.15) is 0 Å². The molecule has 0 spiro atoms. The lowest BCUT2D eigenvalue weighted by Gasteiger charge is -2.30. The van der Waals surface area contributed by atoms with Crippen LogP contribution < -0.4 is 0 Å². The quantitative estimate of drug-likeness (QED) is 0.528. The van der Waals surface area contributed by atoms with Gasteiger partial charge < -0.3 is 4.48 Å². The Morgan fingerprint density at radius 2 is 1.64 bits per heavy atom. The van der Waals surface area contributed by atoms with Gasteiger partial charge in [-0.15, -0.1) is 0 Å². The molecule has 0 radical (unpaired) electrons. The van der Waals surface area contributed by atoms with Gasteiger partial charge in [-0.05, 0) is 6.92 Å². The zero-order valence-electron chi connectivity index (χ0n) is 9.32. The predicted molar refractivity (Wildman–Crippen MR) is 58.3 cm³/mol. The molecule has 76 valence electrons. The van der Waals surface area contributed by atoms with Crippen molar-refractivity contribution in [3.8, 4) is 0 Å². The van der Waals surface area contributed by atoms with Crippen molar-refractivity contribution >= 4 is 5.78 Å². The van der Waals surface area contributed by atoms with E-state index in [0.29, 0.717) is 4.48 Å². The lowest BCUT2D eigenvalue weighted by Crippen LogP contribution is -2.47. The van der Waals surface area contributed by atoms with Gasteiger partial charge in [0.15, 0.2) is 0 Å². The van der Waals surface area contributed by atoms with Crippen LogP contribution in [-0.2, 0) is 0 Å². The third kappa shape index (κ3) is 2.42. The molecule has 0 aliphatic rings. The van der Waals surface area contributed by atoms with E-state index < -0.39 is 0 Å². The number of carbonyl (C=O) groups is 1. The zero-order chi connectivity index (χ0) is 10.8. The molecule has 0 bridgehead atoms. The third-order valence-corrected chi connectivity index (χ3v) is 2.60. The topological polar surface area (TPSA) is 17.1 Å². The Balaban J connectivity index is 2.87. The number of likely N-dealkylation sites (N-methyl/N-ethyl adjacent to an activating group) is 1. The highest BCUT2D eigenvalue weighted by Crippen LogP contribution is 2.10. The van der Waals surface area contributed by atoms with E-state index in [1.807, 2.05) is 58.4 Å². The summed E-state index contributed by atoms with van der Waals surface area (Å²) in [5.74, 6) is 0.207.